The highest BCUT2D eigenvalue weighted by atomic mass is 16.5. The lowest BCUT2D eigenvalue weighted by Gasteiger charge is -2.15. The highest BCUT2D eigenvalue weighted by Gasteiger charge is 2.18. The van der Waals surface area contributed by atoms with Crippen LogP contribution in [0.3, 0.4) is 0 Å². The SMILES string of the molecule is CCCCCc1c(O)c2cc(OC)cc(Oc3ccc(C)cc3OC)c2[nH]c1=O. The molecule has 1 aromatic heterocycles. The Morgan fingerprint density at radius 1 is 1.00 bits per heavy atom. The molecule has 0 aliphatic heterocycles. The van der Waals surface area contributed by atoms with Gasteiger partial charge in [-0.2, -0.15) is 0 Å². The van der Waals surface area contributed by atoms with Crippen LogP contribution in [0.2, 0.25) is 0 Å². The predicted molar refractivity (Wildman–Crippen MR) is 114 cm³/mol. The standard InChI is InChI=1S/C23H27NO5/c1-5-6-7-8-16-22(25)17-12-15(27-3)13-20(21(17)24-23(16)26)29-18-10-9-14(2)11-19(18)28-4/h9-13H,5-8H2,1-4H3,(H2,24,25,26). The van der Waals surface area contributed by atoms with Crippen molar-refractivity contribution in [3.05, 3.63) is 51.8 Å². The molecule has 0 saturated carbocycles. The number of aromatic amines is 1. The molecule has 0 aliphatic carbocycles. The zero-order chi connectivity index (χ0) is 21.0. The number of pyridine rings is 1. The van der Waals surface area contributed by atoms with Gasteiger partial charge in [-0.05, 0) is 43.5 Å². The van der Waals surface area contributed by atoms with E-state index in [1.807, 2.05) is 19.1 Å². The van der Waals surface area contributed by atoms with Crippen molar-refractivity contribution >= 4 is 10.9 Å². The molecule has 0 atom stereocenters. The van der Waals surface area contributed by atoms with Gasteiger partial charge in [0.15, 0.2) is 17.2 Å². The van der Waals surface area contributed by atoms with E-state index in [1.54, 1.807) is 32.4 Å². The first-order valence-electron chi connectivity index (χ1n) is 9.76. The van der Waals surface area contributed by atoms with E-state index in [-0.39, 0.29) is 11.3 Å². The van der Waals surface area contributed by atoms with Gasteiger partial charge in [0.05, 0.1) is 25.3 Å². The lowest BCUT2D eigenvalue weighted by atomic mass is 10.0. The molecular weight excluding hydrogens is 370 g/mol. The third kappa shape index (κ3) is 4.31. The summed E-state index contributed by atoms with van der Waals surface area (Å²) >= 11 is 0. The van der Waals surface area contributed by atoms with E-state index in [1.165, 1.54) is 0 Å². The van der Waals surface area contributed by atoms with Crippen LogP contribution in [0.15, 0.2) is 35.1 Å². The quantitative estimate of drug-likeness (QED) is 0.518. The van der Waals surface area contributed by atoms with Crippen LogP contribution >= 0.6 is 0 Å². The van der Waals surface area contributed by atoms with Crippen LogP contribution in [0, 0.1) is 6.92 Å². The second-order valence-corrected chi connectivity index (χ2v) is 7.04. The number of H-pyrrole nitrogens is 1. The molecule has 2 N–H and O–H groups in total. The molecule has 6 nitrogen and oxygen atoms in total. The normalized spacial score (nSPS) is 10.9. The van der Waals surface area contributed by atoms with Crippen molar-refractivity contribution in [3.63, 3.8) is 0 Å². The fourth-order valence-electron chi connectivity index (χ4n) is 3.32. The molecule has 1 heterocycles. The second kappa shape index (κ2) is 8.90. The van der Waals surface area contributed by atoms with Gasteiger partial charge in [0.2, 0.25) is 0 Å². The Bertz CT molecular complexity index is 1070. The Balaban J connectivity index is 2.13. The molecule has 0 aliphatic rings. The van der Waals surface area contributed by atoms with E-state index >= 15 is 0 Å². The number of rotatable bonds is 8. The predicted octanol–water partition coefficient (Wildman–Crippen LogP) is 5.08. The lowest BCUT2D eigenvalue weighted by molar-refractivity contribution is 0.377. The van der Waals surface area contributed by atoms with E-state index in [0.717, 1.165) is 24.8 Å². The summed E-state index contributed by atoms with van der Waals surface area (Å²) in [4.78, 5) is 15.5. The van der Waals surface area contributed by atoms with Crippen molar-refractivity contribution in [3.8, 4) is 28.7 Å². The van der Waals surface area contributed by atoms with E-state index in [4.69, 9.17) is 14.2 Å². The Hall–Kier alpha value is -3.15. The average molecular weight is 397 g/mol. The molecule has 0 saturated heterocycles. The van der Waals surface area contributed by atoms with Crippen LogP contribution < -0.4 is 19.8 Å². The van der Waals surface area contributed by atoms with E-state index in [0.29, 0.717) is 45.9 Å². The third-order valence-electron chi connectivity index (χ3n) is 4.93. The molecule has 3 aromatic rings. The number of fused-ring (bicyclic) bond motifs is 1. The Kier molecular flexibility index (Phi) is 6.32. The van der Waals surface area contributed by atoms with Crippen molar-refractivity contribution in [1.82, 2.24) is 4.98 Å². The van der Waals surface area contributed by atoms with Crippen molar-refractivity contribution in [1.29, 1.82) is 0 Å². The maximum Gasteiger partial charge on any atom is 0.255 e. The highest BCUT2D eigenvalue weighted by Crippen LogP contribution is 2.40. The fourth-order valence-corrected chi connectivity index (χ4v) is 3.32. The van der Waals surface area contributed by atoms with E-state index in [2.05, 4.69) is 11.9 Å². The number of aromatic hydroxyl groups is 1. The van der Waals surface area contributed by atoms with Crippen LogP contribution in [-0.2, 0) is 6.42 Å². The number of hydrogen-bond acceptors (Lipinski definition) is 5. The summed E-state index contributed by atoms with van der Waals surface area (Å²) in [6.45, 7) is 4.06. The Morgan fingerprint density at radius 3 is 2.48 bits per heavy atom. The molecule has 0 amide bonds. The first kappa shape index (κ1) is 20.6. The Labute approximate surface area is 170 Å². The first-order chi connectivity index (χ1) is 14.0. The minimum absolute atomic E-state index is 0.0283. The summed E-state index contributed by atoms with van der Waals surface area (Å²) in [6.07, 6.45) is 3.39. The van der Waals surface area contributed by atoms with Gasteiger partial charge in [0.25, 0.3) is 5.56 Å². The van der Waals surface area contributed by atoms with Crippen molar-refractivity contribution in [2.24, 2.45) is 0 Å². The molecule has 0 bridgehead atoms. The molecule has 2 aromatic carbocycles. The van der Waals surface area contributed by atoms with Crippen molar-refractivity contribution in [2.75, 3.05) is 14.2 Å². The van der Waals surface area contributed by atoms with E-state index in [9.17, 15) is 9.90 Å². The number of hydrogen-bond donors (Lipinski definition) is 2. The largest absolute Gasteiger partial charge is 0.507 e. The molecule has 3 rings (SSSR count). The zero-order valence-corrected chi connectivity index (χ0v) is 17.3. The van der Waals surface area contributed by atoms with Gasteiger partial charge in [-0.1, -0.05) is 25.8 Å². The summed E-state index contributed by atoms with van der Waals surface area (Å²) in [5.74, 6) is 1.93. The number of unbranched alkanes of at least 4 members (excludes halogenated alkanes) is 2. The van der Waals surface area contributed by atoms with Gasteiger partial charge < -0.3 is 24.3 Å². The van der Waals surface area contributed by atoms with Crippen LogP contribution in [0.25, 0.3) is 10.9 Å². The number of aryl methyl sites for hydroxylation is 1. The van der Waals surface area contributed by atoms with Crippen LogP contribution in [0.4, 0.5) is 0 Å². The molecule has 0 spiro atoms. The molecule has 154 valence electrons. The lowest BCUT2D eigenvalue weighted by Crippen LogP contribution is -2.13. The van der Waals surface area contributed by atoms with Gasteiger partial charge in [0, 0.05) is 11.5 Å². The third-order valence-corrected chi connectivity index (χ3v) is 4.93. The zero-order valence-electron chi connectivity index (χ0n) is 17.3. The number of benzene rings is 2. The molecule has 6 heteroatoms. The van der Waals surface area contributed by atoms with Crippen molar-refractivity contribution < 1.29 is 19.3 Å². The van der Waals surface area contributed by atoms with E-state index < -0.39 is 0 Å². The maximum absolute atomic E-state index is 12.6. The molecule has 0 unspecified atom stereocenters. The first-order valence-corrected chi connectivity index (χ1v) is 9.76. The van der Waals surface area contributed by atoms with Gasteiger partial charge in [-0.15, -0.1) is 0 Å². The summed E-state index contributed by atoms with van der Waals surface area (Å²) in [7, 11) is 3.11. The highest BCUT2D eigenvalue weighted by molar-refractivity contribution is 5.92. The molecule has 0 fully saturated rings. The Morgan fingerprint density at radius 2 is 1.79 bits per heavy atom. The van der Waals surface area contributed by atoms with Gasteiger partial charge in [0.1, 0.15) is 11.5 Å². The topological polar surface area (TPSA) is 80.8 Å². The summed E-state index contributed by atoms with van der Waals surface area (Å²) in [5, 5.41) is 11.3. The number of ether oxygens (including phenoxy) is 3. The van der Waals surface area contributed by atoms with Crippen molar-refractivity contribution in [2.45, 2.75) is 39.5 Å². The van der Waals surface area contributed by atoms with Gasteiger partial charge >= 0.3 is 0 Å². The number of methoxy groups -OCH3 is 2. The number of nitrogens with one attached hydrogen (secondary N) is 1. The molecule has 29 heavy (non-hydrogen) atoms. The minimum Gasteiger partial charge on any atom is -0.507 e. The summed E-state index contributed by atoms with van der Waals surface area (Å²) < 4.78 is 16.9. The number of aromatic nitrogens is 1. The van der Waals surface area contributed by atoms with Gasteiger partial charge in [-0.3, -0.25) is 4.79 Å². The minimum atomic E-state index is -0.308. The maximum atomic E-state index is 12.6. The molecule has 0 radical (unpaired) electrons. The smallest absolute Gasteiger partial charge is 0.255 e. The monoisotopic (exact) mass is 397 g/mol. The average Bonchev–Trinajstić information content (AvgIpc) is 2.72. The van der Waals surface area contributed by atoms with Gasteiger partial charge in [-0.25, -0.2) is 0 Å². The summed E-state index contributed by atoms with van der Waals surface area (Å²) in [5.41, 5.74) is 1.53. The van der Waals surface area contributed by atoms with Crippen LogP contribution in [-0.4, -0.2) is 24.3 Å². The fraction of sp³-hybridized carbons (Fsp3) is 0.348. The summed E-state index contributed by atoms with van der Waals surface area (Å²) in [6, 6.07) is 8.95. The second-order valence-electron chi connectivity index (χ2n) is 7.04. The van der Waals surface area contributed by atoms with Crippen LogP contribution in [0.5, 0.6) is 28.7 Å². The van der Waals surface area contributed by atoms with Crippen LogP contribution in [0.1, 0.15) is 37.3 Å². The molecular formula is C23H27NO5.